The molecule has 0 bridgehead atoms. The Morgan fingerprint density at radius 2 is 2.25 bits per heavy atom. The van der Waals surface area contributed by atoms with Crippen molar-refractivity contribution < 1.29 is 9.53 Å². The fourth-order valence-corrected chi connectivity index (χ4v) is 1.67. The second-order valence-electron chi connectivity index (χ2n) is 3.88. The molecule has 4 nitrogen and oxygen atoms in total. The quantitative estimate of drug-likeness (QED) is 0.680. The molecule has 0 aromatic carbocycles. The average Bonchev–Trinajstić information content (AvgIpc) is 2.35. The normalized spacial score (nSPS) is 17.9. The number of terminal acetylenes is 1. The summed E-state index contributed by atoms with van der Waals surface area (Å²) in [5.74, 6) is 2.77. The van der Waals surface area contributed by atoms with E-state index in [9.17, 15) is 4.79 Å². The van der Waals surface area contributed by atoms with E-state index in [1.54, 1.807) is 0 Å². The minimum Gasteiger partial charge on any atom is -0.378 e. The molecule has 1 fully saturated rings. The van der Waals surface area contributed by atoms with Crippen LogP contribution >= 0.6 is 0 Å². The molecular formula is C12H20N2O2. The molecule has 90 valence electrons. The third-order valence-corrected chi connectivity index (χ3v) is 2.64. The van der Waals surface area contributed by atoms with Crippen LogP contribution in [0.15, 0.2) is 0 Å². The smallest absolute Gasteiger partial charge is 0.236 e. The molecule has 1 aliphatic rings. The summed E-state index contributed by atoms with van der Waals surface area (Å²) in [4.78, 5) is 13.6. The van der Waals surface area contributed by atoms with Crippen LogP contribution in [0.5, 0.6) is 0 Å². The van der Waals surface area contributed by atoms with Crippen molar-refractivity contribution >= 4 is 5.91 Å². The van der Waals surface area contributed by atoms with E-state index < -0.39 is 0 Å². The molecule has 16 heavy (non-hydrogen) atoms. The average molecular weight is 224 g/mol. The standard InChI is InChI=1S/C12H20N2O2/c1-3-5-11(4-2)13-10-12(15)14-6-8-16-9-7-14/h2,11,13H,3,5-10H2,1H3. The Morgan fingerprint density at radius 1 is 1.56 bits per heavy atom. The Bertz CT molecular complexity index is 254. The fraction of sp³-hybridized carbons (Fsp3) is 0.750. The largest absolute Gasteiger partial charge is 0.378 e. The van der Waals surface area contributed by atoms with Gasteiger partial charge in [-0.05, 0) is 6.42 Å². The number of hydrogen-bond donors (Lipinski definition) is 1. The predicted octanol–water partition coefficient (Wildman–Crippen LogP) is 0.237. The molecule has 0 radical (unpaired) electrons. The molecule has 1 atom stereocenters. The molecule has 4 heteroatoms. The highest BCUT2D eigenvalue weighted by molar-refractivity contribution is 5.78. The van der Waals surface area contributed by atoms with Crippen LogP contribution in [-0.2, 0) is 9.53 Å². The lowest BCUT2D eigenvalue weighted by Crippen LogP contribution is -2.46. The Morgan fingerprint density at radius 3 is 2.81 bits per heavy atom. The number of carbonyl (C=O) groups excluding carboxylic acids is 1. The minimum atomic E-state index is 0.00925. The molecule has 0 spiro atoms. The van der Waals surface area contributed by atoms with Gasteiger partial charge in [-0.1, -0.05) is 19.3 Å². The number of amides is 1. The van der Waals surface area contributed by atoms with Crippen molar-refractivity contribution in [2.45, 2.75) is 25.8 Å². The van der Waals surface area contributed by atoms with Crippen LogP contribution in [0.25, 0.3) is 0 Å². The molecule has 1 rings (SSSR count). The molecule has 1 saturated heterocycles. The van der Waals surface area contributed by atoms with Crippen molar-refractivity contribution in [1.82, 2.24) is 10.2 Å². The van der Waals surface area contributed by atoms with Gasteiger partial charge in [0.2, 0.25) is 5.91 Å². The van der Waals surface area contributed by atoms with E-state index in [0.29, 0.717) is 32.8 Å². The van der Waals surface area contributed by atoms with Gasteiger partial charge in [0, 0.05) is 13.1 Å². The van der Waals surface area contributed by atoms with Crippen LogP contribution in [-0.4, -0.2) is 49.7 Å². The van der Waals surface area contributed by atoms with Crippen molar-refractivity contribution in [2.75, 3.05) is 32.8 Å². The van der Waals surface area contributed by atoms with Gasteiger partial charge in [0.15, 0.2) is 0 Å². The van der Waals surface area contributed by atoms with Crippen LogP contribution in [0.3, 0.4) is 0 Å². The number of rotatable bonds is 5. The van der Waals surface area contributed by atoms with Crippen LogP contribution in [0, 0.1) is 12.3 Å². The predicted molar refractivity (Wildman–Crippen MR) is 62.9 cm³/mol. The summed E-state index contributed by atoms with van der Waals surface area (Å²) < 4.78 is 5.19. The van der Waals surface area contributed by atoms with Gasteiger partial charge in [0.1, 0.15) is 0 Å². The highest BCUT2D eigenvalue weighted by Gasteiger charge is 2.17. The van der Waals surface area contributed by atoms with Gasteiger partial charge in [-0.2, -0.15) is 0 Å². The summed E-state index contributed by atoms with van der Waals surface area (Å²) in [6.07, 6.45) is 7.30. The number of morpholine rings is 1. The monoisotopic (exact) mass is 224 g/mol. The summed E-state index contributed by atoms with van der Waals surface area (Å²) >= 11 is 0. The van der Waals surface area contributed by atoms with Crippen LogP contribution in [0.1, 0.15) is 19.8 Å². The lowest BCUT2D eigenvalue weighted by molar-refractivity contribution is -0.134. The van der Waals surface area contributed by atoms with E-state index in [4.69, 9.17) is 11.2 Å². The highest BCUT2D eigenvalue weighted by atomic mass is 16.5. The number of hydrogen-bond acceptors (Lipinski definition) is 3. The molecule has 0 aromatic heterocycles. The first-order valence-corrected chi connectivity index (χ1v) is 5.83. The Hall–Kier alpha value is -1.05. The third kappa shape index (κ3) is 4.21. The van der Waals surface area contributed by atoms with Crippen LogP contribution in [0.4, 0.5) is 0 Å². The molecule has 1 N–H and O–H groups in total. The van der Waals surface area contributed by atoms with Gasteiger partial charge < -0.3 is 9.64 Å². The maximum Gasteiger partial charge on any atom is 0.236 e. The molecule has 1 amide bonds. The maximum atomic E-state index is 11.8. The number of ether oxygens (including phenoxy) is 1. The molecule has 1 aliphatic heterocycles. The minimum absolute atomic E-state index is 0.00925. The number of nitrogens with one attached hydrogen (secondary N) is 1. The first kappa shape index (κ1) is 13.0. The fourth-order valence-electron chi connectivity index (χ4n) is 1.67. The van der Waals surface area contributed by atoms with Crippen LogP contribution < -0.4 is 5.32 Å². The summed E-state index contributed by atoms with van der Waals surface area (Å²) in [5.41, 5.74) is 0. The first-order chi connectivity index (χ1) is 7.77. The van der Waals surface area contributed by atoms with Crippen molar-refractivity contribution in [3.63, 3.8) is 0 Å². The Balaban J connectivity index is 2.25. The lowest BCUT2D eigenvalue weighted by Gasteiger charge is -2.27. The zero-order valence-corrected chi connectivity index (χ0v) is 9.87. The maximum absolute atomic E-state index is 11.8. The molecule has 0 aromatic rings. The molecule has 1 heterocycles. The molecule has 0 aliphatic carbocycles. The Kier molecular flexibility index (Phi) is 5.91. The van der Waals surface area contributed by atoms with Gasteiger partial charge in [0.25, 0.3) is 0 Å². The SMILES string of the molecule is C#CC(CCC)NCC(=O)N1CCOCC1. The second-order valence-corrected chi connectivity index (χ2v) is 3.88. The molecule has 0 saturated carbocycles. The second kappa shape index (κ2) is 7.26. The zero-order valence-electron chi connectivity index (χ0n) is 9.87. The van der Waals surface area contributed by atoms with Crippen molar-refractivity contribution in [1.29, 1.82) is 0 Å². The lowest BCUT2D eigenvalue weighted by atomic mass is 10.2. The van der Waals surface area contributed by atoms with E-state index in [1.165, 1.54) is 0 Å². The summed E-state index contributed by atoms with van der Waals surface area (Å²) in [5, 5.41) is 3.10. The van der Waals surface area contributed by atoms with Crippen molar-refractivity contribution in [2.24, 2.45) is 0 Å². The van der Waals surface area contributed by atoms with Gasteiger partial charge in [0.05, 0.1) is 25.8 Å². The van der Waals surface area contributed by atoms with E-state index in [1.807, 2.05) is 4.90 Å². The first-order valence-electron chi connectivity index (χ1n) is 5.83. The molecule has 1 unspecified atom stereocenters. The topological polar surface area (TPSA) is 41.6 Å². The third-order valence-electron chi connectivity index (χ3n) is 2.64. The van der Waals surface area contributed by atoms with Crippen molar-refractivity contribution in [3.8, 4) is 12.3 Å². The van der Waals surface area contributed by atoms with Crippen LogP contribution in [0.2, 0.25) is 0 Å². The van der Waals surface area contributed by atoms with E-state index in [-0.39, 0.29) is 11.9 Å². The van der Waals surface area contributed by atoms with E-state index in [0.717, 1.165) is 12.8 Å². The summed E-state index contributed by atoms with van der Waals surface area (Å²) in [6, 6.07) is 0.00925. The van der Waals surface area contributed by atoms with Crippen molar-refractivity contribution in [3.05, 3.63) is 0 Å². The Labute approximate surface area is 97.3 Å². The van der Waals surface area contributed by atoms with Gasteiger partial charge >= 0.3 is 0 Å². The summed E-state index contributed by atoms with van der Waals surface area (Å²) in [7, 11) is 0. The number of carbonyl (C=O) groups is 1. The van der Waals surface area contributed by atoms with Gasteiger partial charge in [-0.15, -0.1) is 6.42 Å². The van der Waals surface area contributed by atoms with Gasteiger partial charge in [-0.3, -0.25) is 10.1 Å². The zero-order chi connectivity index (χ0) is 11.8. The van der Waals surface area contributed by atoms with Gasteiger partial charge in [-0.25, -0.2) is 0 Å². The van der Waals surface area contributed by atoms with E-state index in [2.05, 4.69) is 18.2 Å². The number of nitrogens with zero attached hydrogens (tertiary/aromatic N) is 1. The molecular weight excluding hydrogens is 204 g/mol. The summed E-state index contributed by atoms with van der Waals surface area (Å²) in [6.45, 7) is 5.06. The highest BCUT2D eigenvalue weighted by Crippen LogP contribution is 1.98. The van der Waals surface area contributed by atoms with E-state index >= 15 is 0 Å².